The van der Waals surface area contributed by atoms with Crippen LogP contribution in [0.2, 0.25) is 0 Å². The first-order valence-electron chi connectivity index (χ1n) is 9.59. The molecule has 0 atom stereocenters. The number of nitrogens with zero attached hydrogens (tertiary/aromatic N) is 5. The maximum absolute atomic E-state index is 9.45. The van der Waals surface area contributed by atoms with Gasteiger partial charge in [0.1, 0.15) is 11.6 Å². The zero-order chi connectivity index (χ0) is 17.8. The van der Waals surface area contributed by atoms with Crippen molar-refractivity contribution in [2.45, 2.75) is 12.8 Å². The molecule has 4 rings (SSSR count). The third-order valence-corrected chi connectivity index (χ3v) is 5.41. The van der Waals surface area contributed by atoms with Gasteiger partial charge in [0.2, 0.25) is 0 Å². The third kappa shape index (κ3) is 4.14. The van der Waals surface area contributed by atoms with Gasteiger partial charge >= 0.3 is 0 Å². The number of phenolic OH excluding ortho intramolecular Hbond substituents is 1. The van der Waals surface area contributed by atoms with Crippen LogP contribution in [0.3, 0.4) is 0 Å². The minimum absolute atomic E-state index is 0.267. The molecule has 2 aliphatic heterocycles. The van der Waals surface area contributed by atoms with Gasteiger partial charge in [-0.05, 0) is 50.2 Å². The van der Waals surface area contributed by atoms with E-state index in [0.717, 1.165) is 43.3 Å². The monoisotopic (exact) mass is 353 g/mol. The van der Waals surface area contributed by atoms with Crippen LogP contribution in [0.1, 0.15) is 12.8 Å². The van der Waals surface area contributed by atoms with Crippen LogP contribution in [0.15, 0.2) is 36.7 Å². The van der Waals surface area contributed by atoms with Crippen LogP contribution in [0, 0.1) is 0 Å². The summed E-state index contributed by atoms with van der Waals surface area (Å²) in [5.74, 6) is 1.21. The van der Waals surface area contributed by atoms with E-state index in [4.69, 9.17) is 4.98 Å². The Balaban J connectivity index is 1.34. The van der Waals surface area contributed by atoms with Gasteiger partial charge in [0, 0.05) is 44.8 Å². The summed E-state index contributed by atoms with van der Waals surface area (Å²) >= 11 is 0. The number of anilines is 1. The van der Waals surface area contributed by atoms with Gasteiger partial charge in [-0.2, -0.15) is 0 Å². The van der Waals surface area contributed by atoms with Crippen LogP contribution in [0.4, 0.5) is 5.82 Å². The lowest BCUT2D eigenvalue weighted by Gasteiger charge is -2.36. The predicted octanol–water partition coefficient (Wildman–Crippen LogP) is 2.07. The van der Waals surface area contributed by atoms with E-state index in [1.807, 2.05) is 18.3 Å². The molecule has 1 N–H and O–H groups in total. The molecule has 0 spiro atoms. The summed E-state index contributed by atoms with van der Waals surface area (Å²) in [5, 5.41) is 9.45. The highest BCUT2D eigenvalue weighted by atomic mass is 16.3. The number of likely N-dealkylation sites (tertiary alicyclic amines) is 1. The summed E-state index contributed by atoms with van der Waals surface area (Å²) in [7, 11) is 0. The molecule has 1 aromatic heterocycles. The van der Waals surface area contributed by atoms with Gasteiger partial charge < -0.3 is 14.9 Å². The smallest absolute Gasteiger partial charge is 0.147 e. The fraction of sp³-hybridized carbons (Fsp3) is 0.500. The molecule has 2 aliphatic rings. The summed E-state index contributed by atoms with van der Waals surface area (Å²) in [6, 6.07) is 7.12. The molecule has 2 fully saturated rings. The second kappa shape index (κ2) is 8.01. The zero-order valence-corrected chi connectivity index (χ0v) is 15.2. The molecule has 2 aromatic rings. The van der Waals surface area contributed by atoms with Crippen molar-refractivity contribution in [3.63, 3.8) is 0 Å². The SMILES string of the molecule is Oc1ccc(-c2cncc(N3CCN(CCN4CCCC4)CC3)n2)cc1. The number of hydrogen-bond acceptors (Lipinski definition) is 6. The normalized spacial score (nSPS) is 19.2. The van der Waals surface area contributed by atoms with Gasteiger partial charge in [0.05, 0.1) is 18.1 Å². The molecule has 1 aromatic carbocycles. The topological polar surface area (TPSA) is 55.7 Å². The maximum Gasteiger partial charge on any atom is 0.147 e. The molecular formula is C20H27N5O. The van der Waals surface area contributed by atoms with Gasteiger partial charge in [-0.3, -0.25) is 9.88 Å². The van der Waals surface area contributed by atoms with E-state index in [1.165, 1.54) is 39.0 Å². The van der Waals surface area contributed by atoms with E-state index in [1.54, 1.807) is 18.3 Å². The van der Waals surface area contributed by atoms with Crippen LogP contribution in [0.25, 0.3) is 11.3 Å². The number of hydrogen-bond donors (Lipinski definition) is 1. The lowest BCUT2D eigenvalue weighted by Crippen LogP contribution is -2.48. The van der Waals surface area contributed by atoms with Gasteiger partial charge in [0.15, 0.2) is 0 Å². The van der Waals surface area contributed by atoms with E-state index in [2.05, 4.69) is 19.7 Å². The lowest BCUT2D eigenvalue weighted by molar-refractivity contribution is 0.215. The molecule has 26 heavy (non-hydrogen) atoms. The fourth-order valence-corrected chi connectivity index (χ4v) is 3.77. The number of aromatic hydroxyl groups is 1. The van der Waals surface area contributed by atoms with Gasteiger partial charge in [0.25, 0.3) is 0 Å². The summed E-state index contributed by atoms with van der Waals surface area (Å²) in [4.78, 5) is 16.6. The number of phenols is 1. The van der Waals surface area contributed by atoms with E-state index >= 15 is 0 Å². The van der Waals surface area contributed by atoms with Crippen molar-refractivity contribution in [1.29, 1.82) is 0 Å². The molecule has 6 nitrogen and oxygen atoms in total. The molecule has 0 amide bonds. The first-order chi connectivity index (χ1) is 12.8. The van der Waals surface area contributed by atoms with Crippen molar-refractivity contribution in [2.24, 2.45) is 0 Å². The molecule has 0 radical (unpaired) electrons. The molecule has 138 valence electrons. The number of aromatic nitrogens is 2. The average molecular weight is 353 g/mol. The Bertz CT molecular complexity index is 706. The minimum atomic E-state index is 0.267. The van der Waals surface area contributed by atoms with Crippen LogP contribution in [-0.2, 0) is 0 Å². The van der Waals surface area contributed by atoms with Gasteiger partial charge in [-0.1, -0.05) is 0 Å². The van der Waals surface area contributed by atoms with E-state index < -0.39 is 0 Å². The average Bonchev–Trinajstić information content (AvgIpc) is 3.21. The second-order valence-corrected chi connectivity index (χ2v) is 7.19. The second-order valence-electron chi connectivity index (χ2n) is 7.19. The van der Waals surface area contributed by atoms with Crippen molar-refractivity contribution >= 4 is 5.82 Å². The number of benzene rings is 1. The highest BCUT2D eigenvalue weighted by Crippen LogP contribution is 2.22. The Hall–Kier alpha value is -2.18. The van der Waals surface area contributed by atoms with Gasteiger partial charge in [-0.25, -0.2) is 4.98 Å². The molecule has 3 heterocycles. The predicted molar refractivity (Wildman–Crippen MR) is 103 cm³/mol. The van der Waals surface area contributed by atoms with Crippen molar-refractivity contribution < 1.29 is 5.11 Å². The molecule has 6 heteroatoms. The van der Waals surface area contributed by atoms with Crippen molar-refractivity contribution in [2.75, 3.05) is 57.3 Å². The number of rotatable bonds is 5. The van der Waals surface area contributed by atoms with E-state index in [-0.39, 0.29) is 5.75 Å². The summed E-state index contributed by atoms with van der Waals surface area (Å²) < 4.78 is 0. The Kier molecular flexibility index (Phi) is 5.32. The fourth-order valence-electron chi connectivity index (χ4n) is 3.77. The van der Waals surface area contributed by atoms with Crippen LogP contribution < -0.4 is 4.90 Å². The van der Waals surface area contributed by atoms with Crippen LogP contribution in [0.5, 0.6) is 5.75 Å². The standard InChI is InChI=1S/C20H27N5O/c26-18-5-3-17(4-6-18)19-15-21-16-20(22-19)25-13-11-24(12-14-25)10-9-23-7-1-2-8-23/h3-6,15-16,26H,1-2,7-14H2. The van der Waals surface area contributed by atoms with Crippen molar-refractivity contribution in [3.05, 3.63) is 36.7 Å². The molecule has 2 saturated heterocycles. The Morgan fingerprint density at radius 3 is 2.15 bits per heavy atom. The van der Waals surface area contributed by atoms with Gasteiger partial charge in [-0.15, -0.1) is 0 Å². The molecule has 0 saturated carbocycles. The lowest BCUT2D eigenvalue weighted by atomic mass is 10.1. The quantitative estimate of drug-likeness (QED) is 0.888. The Morgan fingerprint density at radius 1 is 0.808 bits per heavy atom. The molecule has 0 aliphatic carbocycles. The molecule has 0 unspecified atom stereocenters. The van der Waals surface area contributed by atoms with E-state index in [0.29, 0.717) is 0 Å². The van der Waals surface area contributed by atoms with E-state index in [9.17, 15) is 5.11 Å². The molecular weight excluding hydrogens is 326 g/mol. The zero-order valence-electron chi connectivity index (χ0n) is 15.2. The Labute approximate surface area is 155 Å². The van der Waals surface area contributed by atoms with Crippen molar-refractivity contribution in [1.82, 2.24) is 19.8 Å². The summed E-state index contributed by atoms with van der Waals surface area (Å²) in [6.07, 6.45) is 6.36. The third-order valence-electron chi connectivity index (χ3n) is 5.41. The van der Waals surface area contributed by atoms with Crippen LogP contribution >= 0.6 is 0 Å². The largest absolute Gasteiger partial charge is 0.508 e. The van der Waals surface area contributed by atoms with Crippen molar-refractivity contribution in [3.8, 4) is 17.0 Å². The first-order valence-corrected chi connectivity index (χ1v) is 9.59. The summed E-state index contributed by atoms with van der Waals surface area (Å²) in [5.41, 5.74) is 1.82. The highest BCUT2D eigenvalue weighted by Gasteiger charge is 2.20. The van der Waals surface area contributed by atoms with Crippen LogP contribution in [-0.4, -0.2) is 77.2 Å². The maximum atomic E-state index is 9.45. The summed E-state index contributed by atoms with van der Waals surface area (Å²) in [6.45, 7) is 9.09. The Morgan fingerprint density at radius 2 is 1.46 bits per heavy atom. The minimum Gasteiger partial charge on any atom is -0.508 e. The highest BCUT2D eigenvalue weighted by molar-refractivity contribution is 5.61. The number of piperazine rings is 1. The first kappa shape index (κ1) is 17.2. The molecule has 0 bridgehead atoms.